The van der Waals surface area contributed by atoms with Gasteiger partial charge in [0, 0.05) is 10.9 Å². The molecule has 0 amide bonds. The molecule has 0 fully saturated rings. The van der Waals surface area contributed by atoms with Crippen LogP contribution in [0.25, 0.3) is 0 Å². The molecule has 0 radical (unpaired) electrons. The van der Waals surface area contributed by atoms with Crippen LogP contribution in [0.5, 0.6) is 0 Å². The lowest BCUT2D eigenvalue weighted by atomic mass is 9.78. The van der Waals surface area contributed by atoms with Crippen LogP contribution < -0.4 is 0 Å². The smallest absolute Gasteiger partial charge is 0.100 e. The predicted molar refractivity (Wildman–Crippen MR) is 89.7 cm³/mol. The summed E-state index contributed by atoms with van der Waals surface area (Å²) in [4.78, 5) is 4.90. The minimum absolute atomic E-state index is 0.580. The molecule has 1 aromatic rings. The van der Waals surface area contributed by atoms with Crippen molar-refractivity contribution in [2.75, 3.05) is 0 Å². The van der Waals surface area contributed by atoms with E-state index in [1.807, 2.05) is 11.8 Å². The minimum Gasteiger partial charge on any atom is -0.247 e. The van der Waals surface area contributed by atoms with Gasteiger partial charge in [-0.2, -0.15) is 0 Å². The SMILES string of the molecule is Cc1cc(C(C)C)c2c(n1)S[C@H](C)[C@H](C)CC2C(C)C. The standard InChI is InChI=1S/C18H29NS/c1-10(2)15-8-12(5)14(7)20-18-17(15)16(11(3)4)9-13(6)19-18/h9-12,14-15H,8H2,1-7H3/t12-,14-,15?/m1/s1. The van der Waals surface area contributed by atoms with Crippen LogP contribution in [0.3, 0.4) is 0 Å². The van der Waals surface area contributed by atoms with E-state index in [1.165, 1.54) is 22.7 Å². The molecule has 1 unspecified atom stereocenters. The number of thioether (sulfide) groups is 1. The number of nitrogens with zero attached hydrogens (tertiary/aromatic N) is 1. The van der Waals surface area contributed by atoms with E-state index >= 15 is 0 Å². The first-order chi connectivity index (χ1) is 9.31. The third kappa shape index (κ3) is 3.05. The van der Waals surface area contributed by atoms with Gasteiger partial charge in [0.2, 0.25) is 0 Å². The summed E-state index contributed by atoms with van der Waals surface area (Å²) in [7, 11) is 0. The Balaban J connectivity index is 2.63. The highest BCUT2D eigenvalue weighted by Crippen LogP contribution is 2.46. The van der Waals surface area contributed by atoms with Crippen molar-refractivity contribution in [1.82, 2.24) is 4.98 Å². The maximum absolute atomic E-state index is 4.90. The lowest BCUT2D eigenvalue weighted by Gasteiger charge is -2.27. The molecular formula is C18H29NS. The minimum atomic E-state index is 0.580. The maximum Gasteiger partial charge on any atom is 0.100 e. The maximum atomic E-state index is 4.90. The van der Waals surface area contributed by atoms with Crippen molar-refractivity contribution in [1.29, 1.82) is 0 Å². The zero-order valence-electron chi connectivity index (χ0n) is 14.0. The molecule has 1 nitrogen and oxygen atoms in total. The van der Waals surface area contributed by atoms with Crippen molar-refractivity contribution in [3.05, 3.63) is 22.9 Å². The molecular weight excluding hydrogens is 262 g/mol. The Bertz CT molecular complexity index is 479. The van der Waals surface area contributed by atoms with Gasteiger partial charge in [-0.25, -0.2) is 4.98 Å². The predicted octanol–water partition coefficient (Wildman–Crippen LogP) is 5.77. The van der Waals surface area contributed by atoms with Crippen molar-refractivity contribution in [2.24, 2.45) is 11.8 Å². The van der Waals surface area contributed by atoms with Gasteiger partial charge in [0.1, 0.15) is 5.03 Å². The van der Waals surface area contributed by atoms with Gasteiger partial charge in [0.25, 0.3) is 0 Å². The number of aromatic nitrogens is 1. The van der Waals surface area contributed by atoms with E-state index in [4.69, 9.17) is 4.98 Å². The third-order valence-corrected chi connectivity index (χ3v) is 6.08. The zero-order chi connectivity index (χ0) is 15.0. The summed E-state index contributed by atoms with van der Waals surface area (Å²) in [5.74, 6) is 2.67. The Kier molecular flexibility index (Phi) is 4.84. The highest BCUT2D eigenvalue weighted by atomic mass is 32.2. The first kappa shape index (κ1) is 15.9. The van der Waals surface area contributed by atoms with E-state index in [2.05, 4.69) is 54.5 Å². The van der Waals surface area contributed by atoms with Gasteiger partial charge in [-0.1, -0.05) is 41.5 Å². The summed E-state index contributed by atoms with van der Waals surface area (Å²) in [5.41, 5.74) is 4.26. The van der Waals surface area contributed by atoms with Crippen LogP contribution in [0.15, 0.2) is 11.1 Å². The quantitative estimate of drug-likeness (QED) is 0.685. The average molecular weight is 292 g/mol. The van der Waals surface area contributed by atoms with E-state index in [-0.39, 0.29) is 0 Å². The van der Waals surface area contributed by atoms with Gasteiger partial charge in [-0.15, -0.1) is 11.8 Å². The van der Waals surface area contributed by atoms with Crippen LogP contribution in [-0.4, -0.2) is 10.2 Å². The fourth-order valence-electron chi connectivity index (χ4n) is 3.23. The molecule has 0 N–H and O–H groups in total. The van der Waals surface area contributed by atoms with Crippen molar-refractivity contribution in [2.45, 2.75) is 77.0 Å². The number of hydrogen-bond acceptors (Lipinski definition) is 2. The molecule has 0 saturated heterocycles. The van der Waals surface area contributed by atoms with Crippen LogP contribution >= 0.6 is 11.8 Å². The summed E-state index contributed by atoms with van der Waals surface area (Å²) in [6, 6.07) is 2.32. The highest BCUT2D eigenvalue weighted by Gasteiger charge is 2.32. The van der Waals surface area contributed by atoms with Crippen LogP contribution in [0.4, 0.5) is 0 Å². The summed E-state index contributed by atoms with van der Waals surface area (Å²) in [5, 5.41) is 1.97. The second-order valence-corrected chi connectivity index (χ2v) is 8.48. The zero-order valence-corrected chi connectivity index (χ0v) is 14.8. The fourth-order valence-corrected chi connectivity index (χ4v) is 4.52. The molecule has 2 rings (SSSR count). The number of rotatable bonds is 2. The number of fused-ring (bicyclic) bond motifs is 1. The summed E-state index contributed by atoms with van der Waals surface area (Å²) < 4.78 is 0. The Morgan fingerprint density at radius 3 is 2.40 bits per heavy atom. The monoisotopic (exact) mass is 291 g/mol. The Morgan fingerprint density at radius 2 is 1.85 bits per heavy atom. The van der Waals surface area contributed by atoms with Gasteiger partial charge >= 0.3 is 0 Å². The second-order valence-electron chi connectivity index (χ2n) is 7.11. The van der Waals surface area contributed by atoms with Gasteiger partial charge in [-0.05, 0) is 54.2 Å². The number of pyridine rings is 1. The number of aryl methyl sites for hydroxylation is 1. The van der Waals surface area contributed by atoms with Crippen molar-refractivity contribution in [3.8, 4) is 0 Å². The molecule has 0 aliphatic carbocycles. The molecule has 1 aliphatic rings. The van der Waals surface area contributed by atoms with Crippen LogP contribution in [-0.2, 0) is 0 Å². The molecule has 0 spiro atoms. The van der Waals surface area contributed by atoms with Crippen LogP contribution in [0, 0.1) is 18.8 Å². The molecule has 2 heterocycles. The first-order valence-electron chi connectivity index (χ1n) is 7.99. The van der Waals surface area contributed by atoms with E-state index in [0.717, 1.165) is 5.92 Å². The lowest BCUT2D eigenvalue weighted by Crippen LogP contribution is -2.16. The summed E-state index contributed by atoms with van der Waals surface area (Å²) in [6.45, 7) is 16.3. The topological polar surface area (TPSA) is 12.9 Å². The molecule has 112 valence electrons. The Hall–Kier alpha value is -0.500. The van der Waals surface area contributed by atoms with E-state index in [9.17, 15) is 0 Å². The van der Waals surface area contributed by atoms with Gasteiger partial charge < -0.3 is 0 Å². The van der Waals surface area contributed by atoms with E-state index in [0.29, 0.717) is 23.0 Å². The number of hydrogen-bond donors (Lipinski definition) is 0. The second kappa shape index (κ2) is 6.09. The van der Waals surface area contributed by atoms with Crippen LogP contribution in [0.2, 0.25) is 0 Å². The largest absolute Gasteiger partial charge is 0.247 e. The van der Waals surface area contributed by atoms with Crippen LogP contribution in [0.1, 0.15) is 76.6 Å². The molecule has 3 atom stereocenters. The first-order valence-corrected chi connectivity index (χ1v) is 8.87. The third-order valence-electron chi connectivity index (χ3n) is 4.71. The average Bonchev–Trinajstić information content (AvgIpc) is 2.46. The van der Waals surface area contributed by atoms with Gasteiger partial charge in [-0.3, -0.25) is 0 Å². The molecule has 0 bridgehead atoms. The Morgan fingerprint density at radius 1 is 1.20 bits per heavy atom. The van der Waals surface area contributed by atoms with Crippen molar-refractivity contribution in [3.63, 3.8) is 0 Å². The molecule has 1 aromatic heterocycles. The Labute approximate surface area is 129 Å². The highest BCUT2D eigenvalue weighted by molar-refractivity contribution is 7.99. The van der Waals surface area contributed by atoms with Crippen molar-refractivity contribution >= 4 is 11.8 Å². The molecule has 0 saturated carbocycles. The normalized spacial score (nSPS) is 26.8. The molecule has 20 heavy (non-hydrogen) atoms. The fraction of sp³-hybridized carbons (Fsp3) is 0.722. The van der Waals surface area contributed by atoms with E-state index < -0.39 is 0 Å². The van der Waals surface area contributed by atoms with Gasteiger partial charge in [0.05, 0.1) is 0 Å². The molecule has 0 aromatic carbocycles. The summed E-state index contributed by atoms with van der Waals surface area (Å²) >= 11 is 2.00. The lowest BCUT2D eigenvalue weighted by molar-refractivity contribution is 0.387. The van der Waals surface area contributed by atoms with E-state index in [1.54, 1.807) is 5.56 Å². The van der Waals surface area contributed by atoms with Gasteiger partial charge in [0.15, 0.2) is 0 Å². The molecule has 1 aliphatic heterocycles. The van der Waals surface area contributed by atoms with Crippen molar-refractivity contribution < 1.29 is 0 Å². The summed E-state index contributed by atoms with van der Waals surface area (Å²) in [6.07, 6.45) is 1.29. The molecule has 2 heteroatoms.